The number of nitrogens with one attached hydrogen (secondary N) is 1. The summed E-state index contributed by atoms with van der Waals surface area (Å²) in [5, 5.41) is 3.04. The number of amides is 3. The number of benzene rings is 3. The lowest BCUT2D eigenvalue weighted by molar-refractivity contribution is -0.146. The highest BCUT2D eigenvalue weighted by Gasteiger charge is 2.35. The SMILES string of the molecule is CC(=CC(=O)N(C)[C@H](Cc1ccc(-c2ccccc2)cc1)C(=O)N(C)[C@H](Cc1ccccc1)C(=O)NCCc1ccncc1)CC(C)(C)N. The fraction of sp³-hybridized carbons (Fsp3) is 0.317. The van der Waals surface area contributed by atoms with Gasteiger partial charge in [-0.3, -0.25) is 19.4 Å². The average Bonchev–Trinajstić information content (AvgIpc) is 3.09. The molecule has 256 valence electrons. The molecule has 0 unspecified atom stereocenters. The summed E-state index contributed by atoms with van der Waals surface area (Å²) in [4.78, 5) is 49.0. The van der Waals surface area contributed by atoms with Gasteiger partial charge in [-0.1, -0.05) is 90.5 Å². The Hall–Kier alpha value is -5.08. The Kier molecular flexibility index (Phi) is 13.0. The maximum Gasteiger partial charge on any atom is 0.246 e. The highest BCUT2D eigenvalue weighted by molar-refractivity contribution is 5.95. The molecular formula is C41H49N5O3. The van der Waals surface area contributed by atoms with Crippen LogP contribution in [0.15, 0.2) is 121 Å². The van der Waals surface area contributed by atoms with Crippen molar-refractivity contribution in [3.63, 3.8) is 0 Å². The second kappa shape index (κ2) is 17.4. The third-order valence-corrected chi connectivity index (χ3v) is 8.55. The van der Waals surface area contributed by atoms with Crippen LogP contribution in [0.5, 0.6) is 0 Å². The van der Waals surface area contributed by atoms with E-state index in [2.05, 4.69) is 22.4 Å². The van der Waals surface area contributed by atoms with Crippen molar-refractivity contribution in [2.45, 2.75) is 64.1 Å². The van der Waals surface area contributed by atoms with Crippen LogP contribution in [0, 0.1) is 0 Å². The largest absolute Gasteiger partial charge is 0.354 e. The number of aromatic nitrogens is 1. The van der Waals surface area contributed by atoms with Gasteiger partial charge in [-0.05, 0) is 73.6 Å². The van der Waals surface area contributed by atoms with Crippen LogP contribution in [0.2, 0.25) is 0 Å². The fourth-order valence-corrected chi connectivity index (χ4v) is 5.94. The summed E-state index contributed by atoms with van der Waals surface area (Å²) in [5.74, 6) is -0.871. The molecule has 0 aliphatic rings. The lowest BCUT2D eigenvalue weighted by atomic mass is 9.96. The van der Waals surface area contributed by atoms with Crippen LogP contribution in [-0.4, -0.2) is 70.8 Å². The number of carbonyl (C=O) groups excluding carboxylic acids is 3. The molecule has 0 spiro atoms. The molecule has 49 heavy (non-hydrogen) atoms. The smallest absolute Gasteiger partial charge is 0.246 e. The number of likely N-dealkylation sites (N-methyl/N-ethyl adjacent to an activating group) is 2. The van der Waals surface area contributed by atoms with E-state index in [0.29, 0.717) is 25.8 Å². The topological polar surface area (TPSA) is 109 Å². The van der Waals surface area contributed by atoms with Crippen molar-refractivity contribution < 1.29 is 14.4 Å². The van der Waals surface area contributed by atoms with Crippen molar-refractivity contribution in [3.05, 3.63) is 138 Å². The lowest BCUT2D eigenvalue weighted by Gasteiger charge is -2.34. The molecular weight excluding hydrogens is 610 g/mol. The average molecular weight is 660 g/mol. The molecule has 4 aromatic rings. The first-order valence-electron chi connectivity index (χ1n) is 16.8. The molecule has 4 rings (SSSR count). The van der Waals surface area contributed by atoms with E-state index >= 15 is 0 Å². The number of nitrogens with two attached hydrogens (primary N) is 1. The highest BCUT2D eigenvalue weighted by atomic mass is 16.2. The summed E-state index contributed by atoms with van der Waals surface area (Å²) in [6.45, 7) is 6.10. The molecule has 1 aromatic heterocycles. The summed E-state index contributed by atoms with van der Waals surface area (Å²) in [5.41, 5.74) is 11.6. The number of hydrogen-bond donors (Lipinski definition) is 2. The molecule has 1 heterocycles. The van der Waals surface area contributed by atoms with Crippen molar-refractivity contribution in [3.8, 4) is 11.1 Å². The third kappa shape index (κ3) is 11.3. The Balaban J connectivity index is 1.61. The van der Waals surface area contributed by atoms with E-state index in [1.807, 2.05) is 106 Å². The molecule has 0 aliphatic heterocycles. The van der Waals surface area contributed by atoms with Gasteiger partial charge >= 0.3 is 0 Å². The first kappa shape index (κ1) is 36.8. The number of pyridine rings is 1. The van der Waals surface area contributed by atoms with Crippen molar-refractivity contribution in [1.29, 1.82) is 0 Å². The van der Waals surface area contributed by atoms with Gasteiger partial charge in [-0.2, -0.15) is 0 Å². The molecule has 0 bridgehead atoms. The molecule has 0 saturated heterocycles. The maximum absolute atomic E-state index is 14.5. The third-order valence-electron chi connectivity index (χ3n) is 8.55. The Morgan fingerprint density at radius 2 is 1.31 bits per heavy atom. The van der Waals surface area contributed by atoms with Crippen LogP contribution in [0.3, 0.4) is 0 Å². The molecule has 0 fully saturated rings. The predicted molar refractivity (Wildman–Crippen MR) is 196 cm³/mol. The zero-order valence-electron chi connectivity index (χ0n) is 29.3. The maximum atomic E-state index is 14.5. The van der Waals surface area contributed by atoms with E-state index in [9.17, 15) is 14.4 Å². The summed E-state index contributed by atoms with van der Waals surface area (Å²) < 4.78 is 0. The van der Waals surface area contributed by atoms with Crippen LogP contribution < -0.4 is 11.1 Å². The molecule has 2 atom stereocenters. The molecule has 0 aliphatic carbocycles. The zero-order chi connectivity index (χ0) is 35.4. The van der Waals surface area contributed by atoms with Gasteiger partial charge in [0.15, 0.2) is 0 Å². The first-order chi connectivity index (χ1) is 23.4. The number of nitrogens with zero attached hydrogens (tertiary/aromatic N) is 3. The standard InChI is InChI=1S/C41H49N5O3/c1-30(29-41(2,3)42)26-38(47)45(4)37(28-33-16-18-35(19-17-33)34-14-10-7-11-15-34)40(49)46(5)36(27-32-12-8-6-9-13-32)39(48)44-25-22-31-20-23-43-24-21-31/h6-21,23-24,26,36-37H,22,25,27-29,42H2,1-5H3,(H,44,48)/t36-,37-/m1/s1. The monoisotopic (exact) mass is 659 g/mol. The molecule has 8 heteroatoms. The minimum Gasteiger partial charge on any atom is -0.354 e. The van der Waals surface area contributed by atoms with Crippen LogP contribution in [0.4, 0.5) is 0 Å². The minimum absolute atomic E-state index is 0.255. The van der Waals surface area contributed by atoms with Crippen LogP contribution >= 0.6 is 0 Å². The van der Waals surface area contributed by atoms with Gasteiger partial charge in [0, 0.05) is 57.5 Å². The van der Waals surface area contributed by atoms with Crippen molar-refractivity contribution in [2.24, 2.45) is 5.73 Å². The molecule has 3 N–H and O–H groups in total. The van der Waals surface area contributed by atoms with Gasteiger partial charge < -0.3 is 20.9 Å². The van der Waals surface area contributed by atoms with Crippen LogP contribution in [0.25, 0.3) is 11.1 Å². The van der Waals surface area contributed by atoms with Crippen LogP contribution in [0.1, 0.15) is 43.9 Å². The summed E-state index contributed by atoms with van der Waals surface area (Å²) in [7, 11) is 3.30. The Bertz CT molecular complexity index is 1680. The summed E-state index contributed by atoms with van der Waals surface area (Å²) in [6.07, 6.45) is 6.77. The van der Waals surface area contributed by atoms with E-state index in [1.54, 1.807) is 32.6 Å². The molecule has 0 radical (unpaired) electrons. The minimum atomic E-state index is -0.863. The van der Waals surface area contributed by atoms with Gasteiger partial charge in [0.1, 0.15) is 12.1 Å². The molecule has 3 amide bonds. The molecule has 3 aromatic carbocycles. The number of carbonyl (C=O) groups is 3. The first-order valence-corrected chi connectivity index (χ1v) is 16.8. The summed E-state index contributed by atoms with van der Waals surface area (Å²) >= 11 is 0. The van der Waals surface area contributed by atoms with Gasteiger partial charge in [0.25, 0.3) is 0 Å². The van der Waals surface area contributed by atoms with E-state index in [-0.39, 0.29) is 24.1 Å². The Morgan fingerprint density at radius 1 is 0.755 bits per heavy atom. The van der Waals surface area contributed by atoms with Gasteiger partial charge in [0.05, 0.1) is 0 Å². The fourth-order valence-electron chi connectivity index (χ4n) is 5.94. The number of hydrogen-bond acceptors (Lipinski definition) is 5. The highest BCUT2D eigenvalue weighted by Crippen LogP contribution is 2.22. The van der Waals surface area contributed by atoms with Crippen molar-refractivity contribution in [2.75, 3.05) is 20.6 Å². The molecule has 0 saturated carbocycles. The van der Waals surface area contributed by atoms with Gasteiger partial charge in [-0.25, -0.2) is 0 Å². The summed E-state index contributed by atoms with van der Waals surface area (Å²) in [6, 6.07) is 29.9. The Labute approximate surface area is 291 Å². The predicted octanol–water partition coefficient (Wildman–Crippen LogP) is 5.62. The quantitative estimate of drug-likeness (QED) is 0.161. The molecule has 8 nitrogen and oxygen atoms in total. The van der Waals surface area contributed by atoms with E-state index in [1.165, 1.54) is 9.80 Å². The van der Waals surface area contributed by atoms with Gasteiger partial charge in [0.2, 0.25) is 17.7 Å². The van der Waals surface area contributed by atoms with E-state index in [0.717, 1.165) is 33.4 Å². The van der Waals surface area contributed by atoms with Crippen molar-refractivity contribution >= 4 is 17.7 Å². The Morgan fingerprint density at radius 3 is 1.92 bits per heavy atom. The second-order valence-electron chi connectivity index (χ2n) is 13.4. The van der Waals surface area contributed by atoms with Crippen LogP contribution in [-0.2, 0) is 33.6 Å². The lowest BCUT2D eigenvalue weighted by Crippen LogP contribution is -2.56. The second-order valence-corrected chi connectivity index (χ2v) is 13.4. The zero-order valence-corrected chi connectivity index (χ0v) is 29.3. The van der Waals surface area contributed by atoms with Gasteiger partial charge in [-0.15, -0.1) is 0 Å². The van der Waals surface area contributed by atoms with E-state index < -0.39 is 17.6 Å². The number of rotatable bonds is 15. The van der Waals surface area contributed by atoms with E-state index in [4.69, 9.17) is 5.73 Å². The van der Waals surface area contributed by atoms with Crippen molar-refractivity contribution in [1.82, 2.24) is 20.1 Å². The normalized spacial score (nSPS) is 12.9.